The predicted octanol–water partition coefficient (Wildman–Crippen LogP) is 1.97. The number of likely N-dealkylation sites (N-methyl/N-ethyl adjacent to an activating group) is 1. The molecule has 0 saturated heterocycles. The van der Waals surface area contributed by atoms with E-state index in [4.69, 9.17) is 4.74 Å². The van der Waals surface area contributed by atoms with Gasteiger partial charge in [-0.1, -0.05) is 13.8 Å². The maximum absolute atomic E-state index is 11.8. The molecule has 0 saturated carbocycles. The van der Waals surface area contributed by atoms with E-state index in [1.54, 1.807) is 0 Å². The fourth-order valence-electron chi connectivity index (χ4n) is 1.14. The molecular weight excluding hydrogens is 223 g/mol. The van der Waals surface area contributed by atoms with E-state index in [0.717, 1.165) is 6.42 Å². The van der Waals surface area contributed by atoms with Crippen LogP contribution in [0.3, 0.4) is 0 Å². The summed E-state index contributed by atoms with van der Waals surface area (Å²) in [5.41, 5.74) is 0. The Morgan fingerprint density at radius 1 is 1.12 bits per heavy atom. The van der Waals surface area contributed by atoms with Crippen molar-refractivity contribution in [1.29, 1.82) is 0 Å². The molecule has 0 aliphatic rings. The second-order valence-corrected chi connectivity index (χ2v) is 3.46. The fraction of sp³-hybridized carbons (Fsp3) is 1.00. The quantitative estimate of drug-likeness (QED) is 0.628. The lowest BCUT2D eigenvalue weighted by molar-refractivity contribution is -0.176. The van der Waals surface area contributed by atoms with Crippen LogP contribution in [-0.4, -0.2) is 45.2 Å². The van der Waals surface area contributed by atoms with E-state index in [-0.39, 0.29) is 12.6 Å². The molecule has 0 rings (SSSR count). The second kappa shape index (κ2) is 8.78. The van der Waals surface area contributed by atoms with Crippen molar-refractivity contribution in [3.8, 4) is 0 Å². The number of hydrogen-bond acceptors (Lipinski definition) is 3. The van der Waals surface area contributed by atoms with Gasteiger partial charge in [0.15, 0.2) is 0 Å². The summed E-state index contributed by atoms with van der Waals surface area (Å²) in [5.74, 6) is 0. The van der Waals surface area contributed by atoms with Crippen LogP contribution in [0.5, 0.6) is 0 Å². The molecule has 98 valence electrons. The standard InChI is InChI=1S/C10H20F3NO2/c1-3-5-15-6-9(14-4-2)7-16-8-10(11,12)13/h9,14H,3-8H2,1-2H3. The van der Waals surface area contributed by atoms with E-state index in [1.165, 1.54) is 0 Å². The van der Waals surface area contributed by atoms with Gasteiger partial charge in [0.25, 0.3) is 0 Å². The molecule has 0 aromatic rings. The molecule has 1 atom stereocenters. The summed E-state index contributed by atoms with van der Waals surface area (Å²) in [5, 5.41) is 3.01. The van der Waals surface area contributed by atoms with Gasteiger partial charge in [-0.2, -0.15) is 13.2 Å². The predicted molar refractivity (Wildman–Crippen MR) is 55.4 cm³/mol. The van der Waals surface area contributed by atoms with Crippen LogP contribution in [0.15, 0.2) is 0 Å². The van der Waals surface area contributed by atoms with Crippen molar-refractivity contribution in [1.82, 2.24) is 5.32 Å². The SMILES string of the molecule is CCCOCC(COCC(F)(F)F)NCC. The van der Waals surface area contributed by atoms with E-state index < -0.39 is 12.8 Å². The number of ether oxygens (including phenoxy) is 2. The van der Waals surface area contributed by atoms with E-state index >= 15 is 0 Å². The molecule has 1 N–H and O–H groups in total. The lowest BCUT2D eigenvalue weighted by Crippen LogP contribution is -2.38. The highest BCUT2D eigenvalue weighted by molar-refractivity contribution is 4.64. The second-order valence-electron chi connectivity index (χ2n) is 3.46. The minimum absolute atomic E-state index is 0.0110. The molecule has 0 spiro atoms. The Morgan fingerprint density at radius 2 is 1.75 bits per heavy atom. The van der Waals surface area contributed by atoms with E-state index in [1.807, 2.05) is 13.8 Å². The Labute approximate surface area is 94.3 Å². The van der Waals surface area contributed by atoms with Crippen LogP contribution in [0.4, 0.5) is 13.2 Å². The van der Waals surface area contributed by atoms with Crippen LogP contribution in [0.1, 0.15) is 20.3 Å². The number of nitrogens with one attached hydrogen (secondary N) is 1. The topological polar surface area (TPSA) is 30.5 Å². The largest absolute Gasteiger partial charge is 0.411 e. The fourth-order valence-corrected chi connectivity index (χ4v) is 1.14. The smallest absolute Gasteiger partial charge is 0.380 e. The Kier molecular flexibility index (Phi) is 8.60. The van der Waals surface area contributed by atoms with Gasteiger partial charge in [-0.15, -0.1) is 0 Å². The molecule has 0 aliphatic heterocycles. The molecule has 0 bridgehead atoms. The number of alkyl halides is 3. The van der Waals surface area contributed by atoms with Crippen molar-refractivity contribution in [2.24, 2.45) is 0 Å². The van der Waals surface area contributed by atoms with E-state index in [0.29, 0.717) is 19.8 Å². The van der Waals surface area contributed by atoms with Gasteiger partial charge in [0, 0.05) is 6.61 Å². The summed E-state index contributed by atoms with van der Waals surface area (Å²) in [4.78, 5) is 0. The summed E-state index contributed by atoms with van der Waals surface area (Å²) in [6.07, 6.45) is -3.37. The van der Waals surface area contributed by atoms with Crippen LogP contribution in [-0.2, 0) is 9.47 Å². The van der Waals surface area contributed by atoms with Crippen LogP contribution in [0, 0.1) is 0 Å². The van der Waals surface area contributed by atoms with Crippen molar-refractivity contribution in [3.63, 3.8) is 0 Å². The molecule has 6 heteroatoms. The first kappa shape index (κ1) is 15.7. The number of halogens is 3. The monoisotopic (exact) mass is 243 g/mol. The Balaban J connectivity index is 3.67. The third kappa shape index (κ3) is 10.2. The molecule has 0 heterocycles. The molecule has 16 heavy (non-hydrogen) atoms. The first-order valence-electron chi connectivity index (χ1n) is 5.45. The summed E-state index contributed by atoms with van der Waals surface area (Å²) < 4.78 is 45.3. The van der Waals surface area contributed by atoms with Gasteiger partial charge >= 0.3 is 6.18 Å². The lowest BCUT2D eigenvalue weighted by Gasteiger charge is -2.18. The van der Waals surface area contributed by atoms with Crippen molar-refractivity contribution in [2.75, 3.05) is 33.0 Å². The molecule has 3 nitrogen and oxygen atoms in total. The van der Waals surface area contributed by atoms with E-state index in [2.05, 4.69) is 10.1 Å². The third-order valence-corrected chi connectivity index (χ3v) is 1.75. The van der Waals surface area contributed by atoms with Gasteiger partial charge < -0.3 is 14.8 Å². The highest BCUT2D eigenvalue weighted by Crippen LogP contribution is 2.14. The minimum Gasteiger partial charge on any atom is -0.380 e. The zero-order chi connectivity index (χ0) is 12.4. The van der Waals surface area contributed by atoms with Gasteiger partial charge in [0.05, 0.1) is 19.3 Å². The Morgan fingerprint density at radius 3 is 2.25 bits per heavy atom. The van der Waals surface area contributed by atoms with Gasteiger partial charge in [0.2, 0.25) is 0 Å². The summed E-state index contributed by atoms with van der Waals surface area (Å²) in [6.45, 7) is 4.33. The van der Waals surface area contributed by atoms with Crippen molar-refractivity contribution >= 4 is 0 Å². The average Bonchev–Trinajstić information content (AvgIpc) is 2.16. The first-order chi connectivity index (χ1) is 7.49. The molecule has 0 amide bonds. The summed E-state index contributed by atoms with van der Waals surface area (Å²) in [6, 6.07) is -0.182. The molecule has 1 unspecified atom stereocenters. The number of rotatable bonds is 9. The highest BCUT2D eigenvalue weighted by atomic mass is 19.4. The van der Waals surface area contributed by atoms with E-state index in [9.17, 15) is 13.2 Å². The van der Waals surface area contributed by atoms with Crippen molar-refractivity contribution in [2.45, 2.75) is 32.5 Å². The van der Waals surface area contributed by atoms with Crippen molar-refractivity contribution < 1.29 is 22.6 Å². The zero-order valence-electron chi connectivity index (χ0n) is 9.77. The van der Waals surface area contributed by atoms with Gasteiger partial charge in [-0.3, -0.25) is 0 Å². The molecule has 0 aromatic heterocycles. The lowest BCUT2D eigenvalue weighted by atomic mass is 10.3. The Bertz CT molecular complexity index is 165. The van der Waals surface area contributed by atoms with Crippen LogP contribution in [0.25, 0.3) is 0 Å². The first-order valence-corrected chi connectivity index (χ1v) is 5.45. The van der Waals surface area contributed by atoms with Gasteiger partial charge in [-0.05, 0) is 13.0 Å². The number of hydrogen-bond donors (Lipinski definition) is 1. The highest BCUT2D eigenvalue weighted by Gasteiger charge is 2.27. The average molecular weight is 243 g/mol. The van der Waals surface area contributed by atoms with Crippen LogP contribution < -0.4 is 5.32 Å². The Hall–Kier alpha value is -0.330. The van der Waals surface area contributed by atoms with Crippen LogP contribution in [0.2, 0.25) is 0 Å². The zero-order valence-corrected chi connectivity index (χ0v) is 9.77. The summed E-state index contributed by atoms with van der Waals surface area (Å²) >= 11 is 0. The molecule has 0 fully saturated rings. The van der Waals surface area contributed by atoms with Gasteiger partial charge in [0.1, 0.15) is 6.61 Å². The maximum Gasteiger partial charge on any atom is 0.411 e. The molecule has 0 aromatic carbocycles. The minimum atomic E-state index is -4.26. The third-order valence-electron chi connectivity index (χ3n) is 1.75. The van der Waals surface area contributed by atoms with Crippen molar-refractivity contribution in [3.05, 3.63) is 0 Å². The molecular formula is C10H20F3NO2. The normalized spacial score (nSPS) is 14.1. The summed E-state index contributed by atoms with van der Waals surface area (Å²) in [7, 11) is 0. The van der Waals surface area contributed by atoms with Gasteiger partial charge in [-0.25, -0.2) is 0 Å². The van der Waals surface area contributed by atoms with Crippen LogP contribution >= 0.6 is 0 Å². The maximum atomic E-state index is 11.8. The molecule has 0 aliphatic carbocycles. The molecule has 0 radical (unpaired) electrons.